The van der Waals surface area contributed by atoms with Crippen LogP contribution in [0.5, 0.6) is 0 Å². The van der Waals surface area contributed by atoms with Gasteiger partial charge in [-0.15, -0.1) is 0 Å². The predicted molar refractivity (Wildman–Crippen MR) is 61.9 cm³/mol. The largest absolute Gasteiger partial charge is 0.477 e. The maximum Gasteiger partial charge on any atom is 0.353 e. The number of nitrogens with one attached hydrogen (secondary N) is 1. The fourth-order valence-corrected chi connectivity index (χ4v) is 1.19. The Morgan fingerprint density at radius 1 is 1.41 bits per heavy atom. The lowest BCUT2D eigenvalue weighted by molar-refractivity contribution is -0.134. The number of rotatable bonds is 7. The molecule has 3 N–H and O–H groups in total. The van der Waals surface area contributed by atoms with Gasteiger partial charge in [-0.2, -0.15) is 0 Å². The summed E-state index contributed by atoms with van der Waals surface area (Å²) in [4.78, 5) is 15.2. The Labute approximate surface area is 99.3 Å². The highest BCUT2D eigenvalue weighted by Crippen LogP contribution is 2.15. The summed E-state index contributed by atoms with van der Waals surface area (Å²) in [5, 5.41) is 18.2. The van der Waals surface area contributed by atoms with Crippen molar-refractivity contribution in [3.8, 4) is 0 Å². The molecule has 0 aliphatic heterocycles. The quantitative estimate of drug-likeness (QED) is 0.377. The minimum atomic E-state index is -1.17. The second-order valence-electron chi connectivity index (χ2n) is 3.45. The number of aliphatic carboxylic acids is 1. The lowest BCUT2D eigenvalue weighted by Gasteiger charge is -2.11. The molecule has 1 rings (SSSR count). The van der Waals surface area contributed by atoms with Crippen LogP contribution in [0.1, 0.15) is 18.1 Å². The van der Waals surface area contributed by atoms with Gasteiger partial charge in [0.05, 0.1) is 12.7 Å². The second-order valence-corrected chi connectivity index (χ2v) is 3.45. The monoisotopic (exact) mass is 237 g/mol. The summed E-state index contributed by atoms with van der Waals surface area (Å²) in [6.45, 7) is 3.41. The van der Waals surface area contributed by atoms with E-state index in [0.717, 1.165) is 5.56 Å². The van der Waals surface area contributed by atoms with E-state index in [1.165, 1.54) is 0 Å². The molecule has 0 saturated carbocycles. The van der Waals surface area contributed by atoms with Gasteiger partial charge in [-0.25, -0.2) is 4.79 Å². The molecule has 0 radical (unpaired) electrons. The number of hydroxylamine groups is 1. The third-order valence-electron chi connectivity index (χ3n) is 2.13. The fourth-order valence-electron chi connectivity index (χ4n) is 1.19. The Morgan fingerprint density at radius 2 is 2.06 bits per heavy atom. The van der Waals surface area contributed by atoms with Crippen molar-refractivity contribution in [2.24, 2.45) is 0 Å². The summed E-state index contributed by atoms with van der Waals surface area (Å²) in [6, 6.07) is 9.17. The molecule has 0 aliphatic carbocycles. The van der Waals surface area contributed by atoms with E-state index in [1.54, 1.807) is 0 Å². The van der Waals surface area contributed by atoms with Gasteiger partial charge in [0.2, 0.25) is 0 Å². The molecule has 5 nitrogen and oxygen atoms in total. The van der Waals surface area contributed by atoms with E-state index in [2.05, 4.69) is 12.1 Å². The first-order chi connectivity index (χ1) is 8.11. The zero-order valence-electron chi connectivity index (χ0n) is 9.30. The van der Waals surface area contributed by atoms with Crippen molar-refractivity contribution in [2.75, 3.05) is 6.61 Å². The number of carbonyl (C=O) groups is 1. The van der Waals surface area contributed by atoms with Gasteiger partial charge in [0, 0.05) is 6.42 Å². The third-order valence-corrected chi connectivity index (χ3v) is 2.13. The van der Waals surface area contributed by atoms with Crippen LogP contribution in [0.3, 0.4) is 0 Å². The molecule has 0 aliphatic rings. The Kier molecular flexibility index (Phi) is 5.19. The summed E-state index contributed by atoms with van der Waals surface area (Å²) in [7, 11) is 0. The van der Waals surface area contributed by atoms with Gasteiger partial charge >= 0.3 is 5.97 Å². The van der Waals surface area contributed by atoms with Crippen LogP contribution in [-0.2, 0) is 9.63 Å². The molecule has 0 aromatic heterocycles. The van der Waals surface area contributed by atoms with E-state index in [-0.39, 0.29) is 12.3 Å². The summed E-state index contributed by atoms with van der Waals surface area (Å²) in [5.74, 6) is -1.17. The number of aliphatic hydroxyl groups excluding tert-OH is 1. The normalized spacial score (nSPS) is 11.8. The van der Waals surface area contributed by atoms with Crippen LogP contribution >= 0.6 is 0 Å². The highest BCUT2D eigenvalue weighted by atomic mass is 16.6. The van der Waals surface area contributed by atoms with E-state index in [0.29, 0.717) is 6.42 Å². The van der Waals surface area contributed by atoms with Crippen LogP contribution in [0.2, 0.25) is 0 Å². The average Bonchev–Trinajstić information content (AvgIpc) is 2.35. The van der Waals surface area contributed by atoms with Gasteiger partial charge in [0.15, 0.2) is 0 Å². The van der Waals surface area contributed by atoms with Crippen LogP contribution in [0.4, 0.5) is 0 Å². The first-order valence-electron chi connectivity index (χ1n) is 5.14. The van der Waals surface area contributed by atoms with Gasteiger partial charge in [-0.3, -0.25) is 10.3 Å². The molecule has 0 saturated heterocycles. The van der Waals surface area contributed by atoms with E-state index >= 15 is 0 Å². The van der Waals surface area contributed by atoms with Crippen LogP contribution in [-0.4, -0.2) is 22.8 Å². The first-order valence-corrected chi connectivity index (χ1v) is 5.14. The minimum Gasteiger partial charge on any atom is -0.477 e. The van der Waals surface area contributed by atoms with E-state index in [9.17, 15) is 9.90 Å². The topological polar surface area (TPSA) is 78.8 Å². The summed E-state index contributed by atoms with van der Waals surface area (Å²) in [6.07, 6.45) is -0.264. The zero-order chi connectivity index (χ0) is 12.7. The Hall–Kier alpha value is -1.85. The van der Waals surface area contributed by atoms with E-state index < -0.39 is 12.1 Å². The molecule has 17 heavy (non-hydrogen) atoms. The van der Waals surface area contributed by atoms with Crippen molar-refractivity contribution in [1.82, 2.24) is 5.48 Å². The van der Waals surface area contributed by atoms with Crippen molar-refractivity contribution in [1.29, 1.82) is 0 Å². The standard InChI is InChI=1S/C12H15NO4/c1-9(12(15)16)13-17-8-7-11(14)10-5-3-2-4-6-10/h2-6,11,13-14H,1,7-8H2,(H,15,16). The Morgan fingerprint density at radius 3 is 2.65 bits per heavy atom. The van der Waals surface area contributed by atoms with Crippen LogP contribution in [0, 0.1) is 0 Å². The smallest absolute Gasteiger partial charge is 0.353 e. The Bertz CT molecular complexity index is 377. The third kappa shape index (κ3) is 4.67. The minimum absolute atomic E-state index is 0.183. The highest BCUT2D eigenvalue weighted by molar-refractivity contribution is 5.84. The molecule has 1 aromatic carbocycles. The molecule has 92 valence electrons. The molecule has 1 aromatic rings. The van der Waals surface area contributed by atoms with Crippen molar-refractivity contribution in [2.45, 2.75) is 12.5 Å². The fraction of sp³-hybridized carbons (Fsp3) is 0.250. The number of hydrogen-bond donors (Lipinski definition) is 3. The summed E-state index contributed by atoms with van der Waals surface area (Å²) >= 11 is 0. The molecule has 0 spiro atoms. The van der Waals surface area contributed by atoms with Crippen molar-refractivity contribution >= 4 is 5.97 Å². The number of carboxylic acids is 1. The van der Waals surface area contributed by atoms with Crippen LogP contribution in [0.15, 0.2) is 42.6 Å². The Balaban J connectivity index is 2.23. The van der Waals surface area contributed by atoms with Gasteiger partial charge in [0.1, 0.15) is 5.70 Å². The zero-order valence-corrected chi connectivity index (χ0v) is 9.30. The van der Waals surface area contributed by atoms with Gasteiger partial charge in [-0.1, -0.05) is 36.9 Å². The average molecular weight is 237 g/mol. The van der Waals surface area contributed by atoms with Crippen molar-refractivity contribution in [3.05, 3.63) is 48.2 Å². The molecule has 0 fully saturated rings. The maximum atomic E-state index is 10.4. The van der Waals surface area contributed by atoms with Crippen LogP contribution in [0.25, 0.3) is 0 Å². The maximum absolute atomic E-state index is 10.4. The number of benzene rings is 1. The predicted octanol–water partition coefficient (Wildman–Crippen LogP) is 1.23. The van der Waals surface area contributed by atoms with E-state index in [4.69, 9.17) is 9.94 Å². The highest BCUT2D eigenvalue weighted by Gasteiger charge is 2.07. The summed E-state index contributed by atoms with van der Waals surface area (Å²) < 4.78 is 0. The molecule has 0 amide bonds. The molecular formula is C12H15NO4. The number of hydrogen-bond acceptors (Lipinski definition) is 4. The number of aliphatic hydroxyl groups is 1. The van der Waals surface area contributed by atoms with Crippen molar-refractivity contribution in [3.63, 3.8) is 0 Å². The van der Waals surface area contributed by atoms with Gasteiger partial charge < -0.3 is 10.2 Å². The molecule has 1 unspecified atom stereocenters. The summed E-state index contributed by atoms with van der Waals surface area (Å²) in [5.41, 5.74) is 2.75. The van der Waals surface area contributed by atoms with Gasteiger partial charge in [-0.05, 0) is 5.56 Å². The second kappa shape index (κ2) is 6.67. The molecule has 1 atom stereocenters. The molecular weight excluding hydrogens is 222 g/mol. The lowest BCUT2D eigenvalue weighted by atomic mass is 10.1. The van der Waals surface area contributed by atoms with E-state index in [1.807, 2.05) is 30.3 Å². The SMILES string of the molecule is C=C(NOCCC(O)c1ccccc1)C(=O)O. The number of carboxylic acid groups (broad SMARTS) is 1. The van der Waals surface area contributed by atoms with Gasteiger partial charge in [0.25, 0.3) is 0 Å². The molecule has 0 bridgehead atoms. The lowest BCUT2D eigenvalue weighted by Crippen LogP contribution is -2.20. The molecule has 5 heteroatoms. The molecule has 0 heterocycles. The first kappa shape index (κ1) is 13.2. The van der Waals surface area contributed by atoms with Crippen molar-refractivity contribution < 1.29 is 19.8 Å². The van der Waals surface area contributed by atoms with Crippen LogP contribution < -0.4 is 5.48 Å².